The van der Waals surface area contributed by atoms with Gasteiger partial charge in [-0.3, -0.25) is 0 Å². The molecule has 1 unspecified atom stereocenters. The first kappa shape index (κ1) is 12.0. The highest BCUT2D eigenvalue weighted by atomic mass is 16.4. The zero-order valence-corrected chi connectivity index (χ0v) is 11.4. The minimum absolute atomic E-state index is 0.278. The van der Waals surface area contributed by atoms with E-state index in [1.54, 1.807) is 0 Å². The Kier molecular flexibility index (Phi) is 2.60. The van der Waals surface area contributed by atoms with Crippen LogP contribution in [0, 0.1) is 0 Å². The molecule has 104 valence electrons. The van der Waals surface area contributed by atoms with Crippen molar-refractivity contribution in [2.45, 2.75) is 37.6 Å². The average Bonchev–Trinajstić information content (AvgIpc) is 2.88. The first-order valence-electron chi connectivity index (χ1n) is 7.42. The van der Waals surface area contributed by atoms with Crippen LogP contribution in [-0.4, -0.2) is 22.4 Å². The first-order chi connectivity index (χ1) is 9.85. The maximum absolute atomic E-state index is 9.44. The molecular weight excluding hydrogens is 250 g/mol. The monoisotopic (exact) mass is 269 g/mol. The number of para-hydroxylation sites is 1. The Morgan fingerprint density at radius 2 is 2.05 bits per heavy atom. The molecule has 2 heterocycles. The van der Waals surface area contributed by atoms with Crippen molar-refractivity contribution in [1.29, 1.82) is 0 Å². The van der Waals surface area contributed by atoms with Gasteiger partial charge in [-0.05, 0) is 37.3 Å². The third-order valence-corrected chi connectivity index (χ3v) is 4.87. The molecule has 3 N–H and O–H groups in total. The minimum Gasteiger partial charge on any atom is -0.411 e. The van der Waals surface area contributed by atoms with E-state index in [0.29, 0.717) is 0 Å². The topological polar surface area (TPSA) is 60.4 Å². The first-order valence-corrected chi connectivity index (χ1v) is 7.42. The Bertz CT molecular complexity index is 688. The number of hydrogen-bond donors (Lipinski definition) is 3. The van der Waals surface area contributed by atoms with Crippen LogP contribution in [0.2, 0.25) is 0 Å². The van der Waals surface area contributed by atoms with Crippen molar-refractivity contribution in [2.24, 2.45) is 5.16 Å². The van der Waals surface area contributed by atoms with Gasteiger partial charge < -0.3 is 15.5 Å². The molecule has 1 saturated carbocycles. The van der Waals surface area contributed by atoms with Crippen LogP contribution < -0.4 is 5.32 Å². The van der Waals surface area contributed by atoms with Crippen LogP contribution in [0.15, 0.2) is 29.4 Å². The van der Waals surface area contributed by atoms with Gasteiger partial charge in [0.25, 0.3) is 0 Å². The summed E-state index contributed by atoms with van der Waals surface area (Å²) in [6.07, 6.45) is 5.18. The van der Waals surface area contributed by atoms with Gasteiger partial charge in [-0.2, -0.15) is 0 Å². The lowest BCUT2D eigenvalue weighted by molar-refractivity contribution is 0.286. The molecule has 0 amide bonds. The van der Waals surface area contributed by atoms with Gasteiger partial charge in [-0.1, -0.05) is 29.8 Å². The van der Waals surface area contributed by atoms with Gasteiger partial charge in [0.15, 0.2) is 0 Å². The molecule has 4 heteroatoms. The zero-order chi connectivity index (χ0) is 13.6. The van der Waals surface area contributed by atoms with E-state index >= 15 is 0 Å². The molecule has 2 aromatic rings. The molecule has 4 nitrogen and oxygen atoms in total. The lowest BCUT2D eigenvalue weighted by Gasteiger charge is -2.41. The van der Waals surface area contributed by atoms with Crippen molar-refractivity contribution in [3.8, 4) is 0 Å². The van der Waals surface area contributed by atoms with E-state index in [1.807, 2.05) is 0 Å². The van der Waals surface area contributed by atoms with Crippen LogP contribution in [0.5, 0.6) is 0 Å². The second-order valence-corrected chi connectivity index (χ2v) is 5.86. The normalized spacial score (nSPS) is 28.1. The predicted molar refractivity (Wildman–Crippen MR) is 79.4 cm³/mol. The average molecular weight is 269 g/mol. The van der Waals surface area contributed by atoms with E-state index < -0.39 is 0 Å². The Hall–Kier alpha value is -1.81. The van der Waals surface area contributed by atoms with Crippen molar-refractivity contribution in [1.82, 2.24) is 10.3 Å². The summed E-state index contributed by atoms with van der Waals surface area (Å²) in [6, 6.07) is 8.46. The number of nitrogens with one attached hydrogen (secondary N) is 2. The molecule has 4 rings (SSSR count). The summed E-state index contributed by atoms with van der Waals surface area (Å²) in [7, 11) is 0. The highest BCUT2D eigenvalue weighted by Gasteiger charge is 2.44. The fourth-order valence-corrected chi connectivity index (χ4v) is 3.95. The number of nitrogens with zero attached hydrogens (tertiary/aromatic N) is 1. The largest absolute Gasteiger partial charge is 0.411 e. The standard InChI is InChI=1S/C16H19N3O/c20-19-14-7-3-4-9-16(14)15-12(8-10-17-16)11-5-1-2-6-13(11)18-15/h1-2,5-6,17-18,20H,3-4,7-10H2/b19-14+. The van der Waals surface area contributed by atoms with E-state index in [9.17, 15) is 5.21 Å². The fraction of sp³-hybridized carbons (Fsp3) is 0.438. The zero-order valence-electron chi connectivity index (χ0n) is 11.4. The van der Waals surface area contributed by atoms with Crippen molar-refractivity contribution in [3.63, 3.8) is 0 Å². The van der Waals surface area contributed by atoms with E-state index in [-0.39, 0.29) is 5.54 Å². The lowest BCUT2D eigenvalue weighted by atomic mass is 9.74. The highest BCUT2D eigenvalue weighted by Crippen LogP contribution is 2.41. The van der Waals surface area contributed by atoms with E-state index in [2.05, 4.69) is 39.7 Å². The molecule has 0 saturated heterocycles. The molecule has 1 aliphatic heterocycles. The van der Waals surface area contributed by atoms with Crippen LogP contribution in [0.1, 0.15) is 36.9 Å². The van der Waals surface area contributed by atoms with Crippen molar-refractivity contribution in [2.75, 3.05) is 6.54 Å². The van der Waals surface area contributed by atoms with Crippen LogP contribution in [-0.2, 0) is 12.0 Å². The second kappa shape index (κ2) is 4.35. The van der Waals surface area contributed by atoms with Gasteiger partial charge in [-0.15, -0.1) is 0 Å². The van der Waals surface area contributed by atoms with Crippen LogP contribution in [0.4, 0.5) is 0 Å². The van der Waals surface area contributed by atoms with Gasteiger partial charge in [0.1, 0.15) is 5.54 Å². The number of hydrogen-bond acceptors (Lipinski definition) is 3. The third kappa shape index (κ3) is 1.48. The summed E-state index contributed by atoms with van der Waals surface area (Å²) in [5.74, 6) is 0. The van der Waals surface area contributed by atoms with E-state index in [4.69, 9.17) is 0 Å². The smallest absolute Gasteiger partial charge is 0.101 e. The molecule has 2 aliphatic rings. The summed E-state index contributed by atoms with van der Waals surface area (Å²) >= 11 is 0. The van der Waals surface area contributed by atoms with Gasteiger partial charge in [0.2, 0.25) is 0 Å². The van der Waals surface area contributed by atoms with Gasteiger partial charge in [0.05, 0.1) is 5.71 Å². The molecule has 1 atom stereocenters. The number of H-pyrrole nitrogens is 1. The summed E-state index contributed by atoms with van der Waals surface area (Å²) in [5, 5.41) is 18.0. The number of aromatic nitrogens is 1. The quantitative estimate of drug-likeness (QED) is 0.508. The van der Waals surface area contributed by atoms with Crippen LogP contribution in [0.25, 0.3) is 10.9 Å². The van der Waals surface area contributed by atoms with Gasteiger partial charge in [-0.25, -0.2) is 0 Å². The number of rotatable bonds is 0. The molecule has 0 radical (unpaired) electrons. The molecular formula is C16H19N3O. The molecule has 1 aromatic heterocycles. The molecule has 1 aliphatic carbocycles. The Balaban J connectivity index is 1.97. The molecule has 1 fully saturated rings. The predicted octanol–water partition coefficient (Wildman–Crippen LogP) is 2.91. The summed E-state index contributed by atoms with van der Waals surface area (Å²) in [6.45, 7) is 0.938. The Morgan fingerprint density at radius 1 is 1.15 bits per heavy atom. The number of aromatic amines is 1. The molecule has 1 spiro atoms. The minimum atomic E-state index is -0.278. The SMILES string of the molecule is O/N=C1\CCCCC12NCCc1c2[nH]c2ccccc12. The van der Waals surface area contributed by atoms with Crippen molar-refractivity contribution < 1.29 is 5.21 Å². The Morgan fingerprint density at radius 3 is 2.95 bits per heavy atom. The van der Waals surface area contributed by atoms with Gasteiger partial charge in [0, 0.05) is 23.1 Å². The van der Waals surface area contributed by atoms with E-state index in [0.717, 1.165) is 37.9 Å². The number of oxime groups is 1. The van der Waals surface area contributed by atoms with Crippen molar-refractivity contribution in [3.05, 3.63) is 35.5 Å². The maximum Gasteiger partial charge on any atom is 0.101 e. The van der Waals surface area contributed by atoms with E-state index in [1.165, 1.54) is 28.6 Å². The Labute approximate surface area is 117 Å². The fourth-order valence-electron chi connectivity index (χ4n) is 3.95. The van der Waals surface area contributed by atoms with Gasteiger partial charge >= 0.3 is 0 Å². The van der Waals surface area contributed by atoms with Crippen molar-refractivity contribution >= 4 is 16.6 Å². The summed E-state index contributed by atoms with van der Waals surface area (Å²) < 4.78 is 0. The lowest BCUT2D eigenvalue weighted by Crippen LogP contribution is -2.54. The molecule has 1 aromatic carbocycles. The summed E-state index contributed by atoms with van der Waals surface area (Å²) in [4.78, 5) is 3.59. The second-order valence-electron chi connectivity index (χ2n) is 5.86. The summed E-state index contributed by atoms with van der Waals surface area (Å²) in [5.41, 5.74) is 4.40. The van der Waals surface area contributed by atoms with Crippen LogP contribution >= 0.6 is 0 Å². The number of benzene rings is 1. The molecule has 0 bridgehead atoms. The molecule has 20 heavy (non-hydrogen) atoms. The third-order valence-electron chi connectivity index (χ3n) is 4.87. The van der Waals surface area contributed by atoms with Crippen LogP contribution in [0.3, 0.4) is 0 Å². The maximum atomic E-state index is 9.44. The highest BCUT2D eigenvalue weighted by molar-refractivity contribution is 5.97. The number of fused-ring (bicyclic) bond motifs is 4.